The second kappa shape index (κ2) is 8.39. The highest BCUT2D eigenvalue weighted by Crippen LogP contribution is 2.13. The van der Waals surface area contributed by atoms with Gasteiger partial charge in [-0.1, -0.05) is 38.3 Å². The summed E-state index contributed by atoms with van der Waals surface area (Å²) in [6, 6.07) is 6.90. The molecule has 0 amide bonds. The summed E-state index contributed by atoms with van der Waals surface area (Å²) in [5.74, 6) is 0. The van der Waals surface area contributed by atoms with Gasteiger partial charge in [0, 0.05) is 6.04 Å². The van der Waals surface area contributed by atoms with Gasteiger partial charge in [0.15, 0.2) is 0 Å². The van der Waals surface area contributed by atoms with E-state index in [0.717, 1.165) is 37.7 Å². The summed E-state index contributed by atoms with van der Waals surface area (Å²) >= 11 is 0. The standard InChI is InChI=1S/C15H26N2O2S/c1-3-4-5-6-13(2)17-20(18,19)15-9-7-14(8-10-15)11-12-16/h7-10,13,17H,3-6,11-12,16H2,1-2H3. The Morgan fingerprint density at radius 3 is 2.40 bits per heavy atom. The lowest BCUT2D eigenvalue weighted by Gasteiger charge is -2.14. The van der Waals surface area contributed by atoms with E-state index in [4.69, 9.17) is 5.73 Å². The monoisotopic (exact) mass is 298 g/mol. The SMILES string of the molecule is CCCCCC(C)NS(=O)(=O)c1ccc(CCN)cc1. The minimum atomic E-state index is -3.41. The quantitative estimate of drug-likeness (QED) is 0.688. The predicted molar refractivity (Wildman–Crippen MR) is 83.1 cm³/mol. The molecule has 1 aromatic carbocycles. The van der Waals surface area contributed by atoms with Crippen LogP contribution in [-0.2, 0) is 16.4 Å². The normalized spacial score (nSPS) is 13.3. The Labute approximate surface area is 122 Å². The van der Waals surface area contributed by atoms with Gasteiger partial charge < -0.3 is 5.73 Å². The van der Waals surface area contributed by atoms with E-state index in [9.17, 15) is 8.42 Å². The number of hydrogen-bond donors (Lipinski definition) is 2. The molecule has 0 fully saturated rings. The molecule has 4 nitrogen and oxygen atoms in total. The van der Waals surface area contributed by atoms with Crippen LogP contribution < -0.4 is 10.5 Å². The second-order valence-electron chi connectivity index (χ2n) is 5.20. The molecule has 0 saturated carbocycles. The Morgan fingerprint density at radius 1 is 1.20 bits per heavy atom. The van der Waals surface area contributed by atoms with Crippen LogP contribution in [0.15, 0.2) is 29.2 Å². The highest BCUT2D eigenvalue weighted by molar-refractivity contribution is 7.89. The summed E-state index contributed by atoms with van der Waals surface area (Å²) in [5, 5.41) is 0. The maximum atomic E-state index is 12.2. The van der Waals surface area contributed by atoms with Gasteiger partial charge in [0.05, 0.1) is 4.90 Å². The summed E-state index contributed by atoms with van der Waals surface area (Å²) in [6.45, 7) is 4.62. The van der Waals surface area contributed by atoms with Crippen molar-refractivity contribution in [1.82, 2.24) is 4.72 Å². The molecule has 0 aliphatic carbocycles. The Balaban J connectivity index is 2.63. The zero-order valence-electron chi connectivity index (χ0n) is 12.4. The van der Waals surface area contributed by atoms with E-state index >= 15 is 0 Å². The van der Waals surface area contributed by atoms with Crippen molar-refractivity contribution >= 4 is 10.0 Å². The van der Waals surface area contributed by atoms with Crippen LogP contribution in [0, 0.1) is 0 Å². The molecular weight excluding hydrogens is 272 g/mol. The van der Waals surface area contributed by atoms with Gasteiger partial charge >= 0.3 is 0 Å². The van der Waals surface area contributed by atoms with Crippen LogP contribution in [-0.4, -0.2) is 21.0 Å². The number of nitrogens with two attached hydrogens (primary N) is 1. The Morgan fingerprint density at radius 2 is 1.85 bits per heavy atom. The molecule has 20 heavy (non-hydrogen) atoms. The van der Waals surface area contributed by atoms with Crippen molar-refractivity contribution in [3.63, 3.8) is 0 Å². The van der Waals surface area contributed by atoms with Gasteiger partial charge in [-0.05, 0) is 44.0 Å². The highest BCUT2D eigenvalue weighted by atomic mass is 32.2. The van der Waals surface area contributed by atoms with E-state index in [0.29, 0.717) is 11.4 Å². The number of hydrogen-bond acceptors (Lipinski definition) is 3. The number of nitrogens with one attached hydrogen (secondary N) is 1. The molecule has 1 atom stereocenters. The number of unbranched alkanes of at least 4 members (excludes halogenated alkanes) is 2. The van der Waals surface area contributed by atoms with Gasteiger partial charge in [-0.3, -0.25) is 0 Å². The summed E-state index contributed by atoms with van der Waals surface area (Å²) in [5.41, 5.74) is 6.54. The summed E-state index contributed by atoms with van der Waals surface area (Å²) in [7, 11) is -3.41. The van der Waals surface area contributed by atoms with E-state index in [1.807, 2.05) is 19.1 Å². The third kappa shape index (κ3) is 5.61. The third-order valence-corrected chi connectivity index (χ3v) is 4.87. The first-order chi connectivity index (χ1) is 9.49. The molecule has 1 unspecified atom stereocenters. The average Bonchev–Trinajstić information content (AvgIpc) is 2.39. The molecular formula is C15H26N2O2S. The van der Waals surface area contributed by atoms with Crippen LogP contribution in [0.3, 0.4) is 0 Å². The van der Waals surface area contributed by atoms with Crippen molar-refractivity contribution < 1.29 is 8.42 Å². The van der Waals surface area contributed by atoms with Gasteiger partial charge in [0.2, 0.25) is 10.0 Å². The maximum Gasteiger partial charge on any atom is 0.240 e. The van der Waals surface area contributed by atoms with Gasteiger partial charge in [0.25, 0.3) is 0 Å². The van der Waals surface area contributed by atoms with Crippen molar-refractivity contribution in [3.05, 3.63) is 29.8 Å². The smallest absolute Gasteiger partial charge is 0.240 e. The van der Waals surface area contributed by atoms with Crippen LogP contribution in [0.1, 0.15) is 45.1 Å². The lowest BCUT2D eigenvalue weighted by molar-refractivity contribution is 0.527. The molecule has 114 valence electrons. The lowest BCUT2D eigenvalue weighted by atomic mass is 10.1. The van der Waals surface area contributed by atoms with Gasteiger partial charge in [0.1, 0.15) is 0 Å². The third-order valence-electron chi connectivity index (χ3n) is 3.26. The van der Waals surface area contributed by atoms with Crippen molar-refractivity contribution in [2.75, 3.05) is 6.54 Å². The van der Waals surface area contributed by atoms with Crippen LogP contribution in [0.2, 0.25) is 0 Å². The van der Waals surface area contributed by atoms with Gasteiger partial charge in [-0.25, -0.2) is 13.1 Å². The maximum absolute atomic E-state index is 12.2. The van der Waals surface area contributed by atoms with Crippen LogP contribution >= 0.6 is 0 Å². The topological polar surface area (TPSA) is 72.2 Å². The van der Waals surface area contributed by atoms with Crippen molar-refractivity contribution in [3.8, 4) is 0 Å². The first kappa shape index (κ1) is 17.1. The summed E-state index contributed by atoms with van der Waals surface area (Å²) < 4.78 is 27.1. The van der Waals surface area contributed by atoms with Crippen molar-refractivity contribution in [2.24, 2.45) is 5.73 Å². The molecule has 0 heterocycles. The zero-order valence-corrected chi connectivity index (χ0v) is 13.2. The Hall–Kier alpha value is -0.910. The summed E-state index contributed by atoms with van der Waals surface area (Å²) in [4.78, 5) is 0.320. The molecule has 0 aliphatic rings. The Kier molecular flexibility index (Phi) is 7.19. The van der Waals surface area contributed by atoms with Crippen molar-refractivity contribution in [1.29, 1.82) is 0 Å². The largest absolute Gasteiger partial charge is 0.330 e. The summed E-state index contributed by atoms with van der Waals surface area (Å²) in [6.07, 6.45) is 4.97. The van der Waals surface area contributed by atoms with Crippen molar-refractivity contribution in [2.45, 2.75) is 56.9 Å². The van der Waals surface area contributed by atoms with E-state index < -0.39 is 10.0 Å². The fourth-order valence-electron chi connectivity index (χ4n) is 2.09. The van der Waals surface area contributed by atoms with E-state index in [-0.39, 0.29) is 6.04 Å². The van der Waals surface area contributed by atoms with Gasteiger partial charge in [-0.2, -0.15) is 0 Å². The molecule has 0 bridgehead atoms. The van der Waals surface area contributed by atoms with E-state index in [1.54, 1.807) is 12.1 Å². The second-order valence-corrected chi connectivity index (χ2v) is 6.91. The molecule has 0 spiro atoms. The molecule has 0 aromatic heterocycles. The molecule has 0 radical (unpaired) electrons. The Bertz CT molecular complexity index is 483. The van der Waals surface area contributed by atoms with Crippen LogP contribution in [0.5, 0.6) is 0 Å². The molecule has 5 heteroatoms. The minimum Gasteiger partial charge on any atom is -0.330 e. The van der Waals surface area contributed by atoms with Gasteiger partial charge in [-0.15, -0.1) is 0 Å². The lowest BCUT2D eigenvalue weighted by Crippen LogP contribution is -2.32. The molecule has 3 N–H and O–H groups in total. The number of sulfonamides is 1. The first-order valence-corrected chi connectivity index (χ1v) is 8.79. The van der Waals surface area contributed by atoms with E-state index in [1.165, 1.54) is 0 Å². The first-order valence-electron chi connectivity index (χ1n) is 7.31. The minimum absolute atomic E-state index is 0.0322. The molecule has 1 aromatic rings. The fraction of sp³-hybridized carbons (Fsp3) is 0.600. The molecule has 0 aliphatic heterocycles. The average molecular weight is 298 g/mol. The number of benzene rings is 1. The molecule has 1 rings (SSSR count). The van der Waals surface area contributed by atoms with Crippen LogP contribution in [0.25, 0.3) is 0 Å². The van der Waals surface area contributed by atoms with E-state index in [2.05, 4.69) is 11.6 Å². The molecule has 0 saturated heterocycles. The highest BCUT2D eigenvalue weighted by Gasteiger charge is 2.16. The number of rotatable bonds is 9. The zero-order chi connectivity index (χ0) is 15.0. The fourth-order valence-corrected chi connectivity index (χ4v) is 3.37. The van der Waals surface area contributed by atoms with Crippen LogP contribution in [0.4, 0.5) is 0 Å². The predicted octanol–water partition coefficient (Wildman–Crippen LogP) is 2.43.